The SMILES string of the molecule is c1cccc(N(c2ccc(-c3ccc(N(c4ccccc4)c4cccc5ccccc45)cc3)cc2)c2cccc3ccccc23)c#1. The Labute approximate surface area is 270 Å². The summed E-state index contributed by atoms with van der Waals surface area (Å²) in [6.45, 7) is 0. The number of nitrogens with zero attached hydrogens (tertiary/aromatic N) is 2. The molecule has 2 heteroatoms. The van der Waals surface area contributed by atoms with Crippen molar-refractivity contribution in [2.75, 3.05) is 9.80 Å². The zero-order valence-electron chi connectivity index (χ0n) is 25.2. The van der Waals surface area contributed by atoms with Gasteiger partial charge in [-0.25, -0.2) is 0 Å². The van der Waals surface area contributed by atoms with Crippen molar-refractivity contribution in [3.05, 3.63) is 194 Å². The summed E-state index contributed by atoms with van der Waals surface area (Å²) in [5.41, 5.74) is 8.85. The molecule has 46 heavy (non-hydrogen) atoms. The normalized spacial score (nSPS) is 10.9. The van der Waals surface area contributed by atoms with E-state index in [2.05, 4.69) is 192 Å². The summed E-state index contributed by atoms with van der Waals surface area (Å²) in [6, 6.07) is 70.7. The third kappa shape index (κ3) is 5.11. The van der Waals surface area contributed by atoms with E-state index in [9.17, 15) is 0 Å². The van der Waals surface area contributed by atoms with Crippen molar-refractivity contribution < 1.29 is 0 Å². The van der Waals surface area contributed by atoms with Gasteiger partial charge in [-0.2, -0.15) is 0 Å². The van der Waals surface area contributed by atoms with Gasteiger partial charge in [0.2, 0.25) is 0 Å². The highest BCUT2D eigenvalue weighted by Crippen LogP contribution is 2.41. The van der Waals surface area contributed by atoms with Gasteiger partial charge in [-0.1, -0.05) is 127 Å². The second-order valence-corrected chi connectivity index (χ2v) is 11.3. The lowest BCUT2D eigenvalue weighted by atomic mass is 10.0. The van der Waals surface area contributed by atoms with E-state index in [1.54, 1.807) is 0 Å². The van der Waals surface area contributed by atoms with Crippen molar-refractivity contribution in [1.82, 2.24) is 0 Å². The molecule has 0 aliphatic carbocycles. The van der Waals surface area contributed by atoms with Crippen LogP contribution in [0.5, 0.6) is 0 Å². The molecule has 0 radical (unpaired) electrons. The molecule has 0 aromatic heterocycles. The van der Waals surface area contributed by atoms with Crippen molar-refractivity contribution in [2.24, 2.45) is 0 Å². The van der Waals surface area contributed by atoms with Gasteiger partial charge >= 0.3 is 0 Å². The Morgan fingerprint density at radius 2 is 0.826 bits per heavy atom. The third-order valence-electron chi connectivity index (χ3n) is 8.49. The van der Waals surface area contributed by atoms with Gasteiger partial charge in [0.15, 0.2) is 0 Å². The predicted molar refractivity (Wildman–Crippen MR) is 194 cm³/mol. The van der Waals surface area contributed by atoms with E-state index in [0.29, 0.717) is 0 Å². The number of hydrogen-bond acceptors (Lipinski definition) is 2. The second-order valence-electron chi connectivity index (χ2n) is 11.3. The third-order valence-corrected chi connectivity index (χ3v) is 8.49. The van der Waals surface area contributed by atoms with Crippen LogP contribution in [0.3, 0.4) is 0 Å². The van der Waals surface area contributed by atoms with E-state index >= 15 is 0 Å². The lowest BCUT2D eigenvalue weighted by Crippen LogP contribution is -2.10. The summed E-state index contributed by atoms with van der Waals surface area (Å²) in [5, 5.41) is 4.84. The first-order valence-corrected chi connectivity index (χ1v) is 15.5. The summed E-state index contributed by atoms with van der Waals surface area (Å²) in [5.74, 6) is 0. The van der Waals surface area contributed by atoms with Crippen LogP contribution in [0.25, 0.3) is 32.7 Å². The Bertz CT molecular complexity index is 2070. The Hall–Kier alpha value is -6.30. The highest BCUT2D eigenvalue weighted by Gasteiger charge is 2.17. The van der Waals surface area contributed by atoms with Crippen molar-refractivity contribution >= 4 is 55.7 Å². The topological polar surface area (TPSA) is 6.48 Å². The highest BCUT2D eigenvalue weighted by atomic mass is 15.1. The van der Waals surface area contributed by atoms with E-state index < -0.39 is 0 Å². The van der Waals surface area contributed by atoms with Gasteiger partial charge in [-0.05, 0) is 88.6 Å². The monoisotopic (exact) mass is 586 g/mol. The second kappa shape index (κ2) is 12.0. The number of para-hydroxylation sites is 1. The molecule has 8 aromatic rings. The van der Waals surface area contributed by atoms with Gasteiger partial charge in [-0.15, -0.1) is 0 Å². The summed E-state index contributed by atoms with van der Waals surface area (Å²) < 4.78 is 0. The largest absolute Gasteiger partial charge is 0.310 e. The lowest BCUT2D eigenvalue weighted by molar-refractivity contribution is 1.29. The molecule has 0 saturated heterocycles. The predicted octanol–water partition coefficient (Wildman–Crippen LogP) is 12.2. The maximum Gasteiger partial charge on any atom is 0.0973 e. The smallest absolute Gasteiger partial charge is 0.0973 e. The molecule has 0 atom stereocenters. The van der Waals surface area contributed by atoms with Gasteiger partial charge < -0.3 is 9.80 Å². The summed E-state index contributed by atoms with van der Waals surface area (Å²) in [7, 11) is 0. The molecule has 0 aliphatic heterocycles. The fourth-order valence-electron chi connectivity index (χ4n) is 6.30. The molecule has 0 amide bonds. The van der Waals surface area contributed by atoms with Gasteiger partial charge in [-0.3, -0.25) is 0 Å². The molecule has 0 N–H and O–H groups in total. The number of rotatable bonds is 7. The molecular weight excluding hydrogens is 556 g/mol. The molecular formula is C44H30N2. The molecule has 8 aromatic carbocycles. The molecule has 0 heterocycles. The zero-order valence-corrected chi connectivity index (χ0v) is 25.2. The average Bonchev–Trinajstić information content (AvgIpc) is 3.14. The molecule has 0 spiro atoms. The van der Waals surface area contributed by atoms with Crippen LogP contribution in [-0.2, 0) is 0 Å². The Balaban J connectivity index is 1.16. The summed E-state index contributed by atoms with van der Waals surface area (Å²) >= 11 is 0. The van der Waals surface area contributed by atoms with Crippen LogP contribution in [0.4, 0.5) is 34.1 Å². The number of benzene rings is 7. The Kier molecular flexibility index (Phi) is 7.11. The lowest BCUT2D eigenvalue weighted by Gasteiger charge is -2.27. The minimum atomic E-state index is 0.949. The fourth-order valence-corrected chi connectivity index (χ4v) is 6.30. The first-order valence-electron chi connectivity index (χ1n) is 15.5. The first kappa shape index (κ1) is 27.3. The minimum Gasteiger partial charge on any atom is -0.310 e. The van der Waals surface area contributed by atoms with Crippen molar-refractivity contribution in [3.8, 4) is 11.1 Å². The number of anilines is 6. The van der Waals surface area contributed by atoms with Gasteiger partial charge in [0, 0.05) is 27.8 Å². The molecule has 216 valence electrons. The average molecular weight is 587 g/mol. The van der Waals surface area contributed by atoms with Gasteiger partial charge in [0.25, 0.3) is 0 Å². The quantitative estimate of drug-likeness (QED) is 0.183. The molecule has 0 bridgehead atoms. The van der Waals surface area contributed by atoms with E-state index in [1.807, 2.05) is 12.1 Å². The van der Waals surface area contributed by atoms with Crippen LogP contribution in [0.2, 0.25) is 0 Å². The minimum absolute atomic E-state index is 0.949. The molecule has 0 unspecified atom stereocenters. The van der Waals surface area contributed by atoms with Crippen LogP contribution >= 0.6 is 0 Å². The van der Waals surface area contributed by atoms with Crippen LogP contribution in [0.15, 0.2) is 182 Å². The van der Waals surface area contributed by atoms with Gasteiger partial charge in [0.05, 0.1) is 17.1 Å². The molecule has 0 saturated carbocycles. The van der Waals surface area contributed by atoms with Crippen molar-refractivity contribution in [3.63, 3.8) is 0 Å². The summed E-state index contributed by atoms with van der Waals surface area (Å²) in [6.07, 6.45) is 0. The van der Waals surface area contributed by atoms with Crippen molar-refractivity contribution in [2.45, 2.75) is 0 Å². The highest BCUT2D eigenvalue weighted by molar-refractivity contribution is 6.00. The Morgan fingerprint density at radius 1 is 0.348 bits per heavy atom. The maximum absolute atomic E-state index is 3.33. The number of fused-ring (bicyclic) bond motifs is 2. The standard InChI is InChI=1S/C44H30N2/c1-3-17-37(18-4-1)45(43-23-11-15-35-13-7-9-21-41(35)43)39-29-25-33(26-30-39)34-27-31-40(32-28-34)46(38-19-5-2-6-20-38)44-24-12-16-36-14-8-10-22-42(36)44/h1-5,7-19,21-32H. The van der Waals surface area contributed by atoms with Crippen LogP contribution in [-0.4, -0.2) is 0 Å². The fraction of sp³-hybridized carbons (Fsp3) is 0. The molecule has 0 fully saturated rings. The number of hydrogen-bond donors (Lipinski definition) is 0. The molecule has 2 nitrogen and oxygen atoms in total. The van der Waals surface area contributed by atoms with Crippen LogP contribution in [0.1, 0.15) is 0 Å². The van der Waals surface area contributed by atoms with Crippen LogP contribution < -0.4 is 9.80 Å². The first-order chi connectivity index (χ1) is 22.8. The Morgan fingerprint density at radius 3 is 1.39 bits per heavy atom. The zero-order chi connectivity index (χ0) is 30.7. The van der Waals surface area contributed by atoms with E-state index in [0.717, 1.165) is 45.3 Å². The van der Waals surface area contributed by atoms with E-state index in [1.165, 1.54) is 21.5 Å². The molecule has 0 aliphatic rings. The van der Waals surface area contributed by atoms with Gasteiger partial charge in [0.1, 0.15) is 0 Å². The maximum atomic E-state index is 3.33. The van der Waals surface area contributed by atoms with Crippen molar-refractivity contribution in [1.29, 1.82) is 0 Å². The van der Waals surface area contributed by atoms with E-state index in [-0.39, 0.29) is 0 Å². The summed E-state index contributed by atoms with van der Waals surface area (Å²) in [4.78, 5) is 4.60. The molecule has 8 rings (SSSR count). The van der Waals surface area contributed by atoms with Crippen LogP contribution in [0, 0.1) is 12.1 Å². The van der Waals surface area contributed by atoms with E-state index in [4.69, 9.17) is 0 Å².